The monoisotopic (exact) mass is 880 g/mol. The highest BCUT2D eigenvalue weighted by atomic mass is 15.0. The van der Waals surface area contributed by atoms with Gasteiger partial charge in [0.15, 0.2) is 0 Å². The topological polar surface area (TPSA) is 9.86 Å². The highest BCUT2D eigenvalue weighted by molar-refractivity contribution is 7.00. The van der Waals surface area contributed by atoms with Crippen LogP contribution in [0.25, 0.3) is 152 Å². The van der Waals surface area contributed by atoms with Gasteiger partial charge in [0.1, 0.15) is 0 Å². The molecule has 0 unspecified atom stereocenters. The van der Waals surface area contributed by atoms with Gasteiger partial charge >= 0.3 is 0 Å². The summed E-state index contributed by atoms with van der Waals surface area (Å²) in [5, 5.41) is 28.8. The van der Waals surface area contributed by atoms with Gasteiger partial charge in [-0.25, -0.2) is 0 Å². The maximum Gasteiger partial charge on any atom is 0.252 e. The normalized spacial score (nSPS) is 13.2. The van der Waals surface area contributed by atoms with Crippen molar-refractivity contribution in [2.24, 2.45) is 0 Å². The Bertz CT molecular complexity index is 5130. The zero-order valence-corrected chi connectivity index (χ0v) is 38.1. The van der Waals surface area contributed by atoms with Gasteiger partial charge in [0.2, 0.25) is 0 Å². The summed E-state index contributed by atoms with van der Waals surface area (Å²) >= 11 is 0. The molecule has 0 bridgehead atoms. The quantitative estimate of drug-likeness (QED) is 0.106. The van der Waals surface area contributed by atoms with Gasteiger partial charge in [0.25, 0.3) is 6.71 Å². The molecule has 3 heteroatoms. The molecule has 14 aromatic carbocycles. The summed E-state index contributed by atoms with van der Waals surface area (Å²) in [6.07, 6.45) is 0. The minimum absolute atomic E-state index is 0.00738. The Hall–Kier alpha value is -8.92. The lowest BCUT2D eigenvalue weighted by Gasteiger charge is -2.34. The lowest BCUT2D eigenvalue weighted by atomic mass is 9.34. The summed E-state index contributed by atoms with van der Waals surface area (Å²) in [5.41, 5.74) is 13.1. The van der Waals surface area contributed by atoms with Crippen molar-refractivity contribution >= 4 is 164 Å². The van der Waals surface area contributed by atoms with Gasteiger partial charge in [-0.1, -0.05) is 188 Å². The van der Waals surface area contributed by atoms with E-state index in [1.54, 1.807) is 0 Å². The van der Waals surface area contributed by atoms with Crippen molar-refractivity contribution in [3.8, 4) is 11.4 Å². The Kier molecular flexibility index (Phi) is 6.40. The van der Waals surface area contributed by atoms with Crippen molar-refractivity contribution in [3.05, 3.63) is 212 Å². The van der Waals surface area contributed by atoms with Gasteiger partial charge in [-0.3, -0.25) is 0 Å². The van der Waals surface area contributed by atoms with Gasteiger partial charge in [-0.05, 0) is 128 Å². The number of hydrogen-bond acceptors (Lipinski definition) is 0. The van der Waals surface area contributed by atoms with E-state index < -0.39 is 0 Å². The minimum atomic E-state index is -0.00738. The smallest absolute Gasteiger partial charge is 0.252 e. The average Bonchev–Trinajstić information content (AvgIpc) is 3.95. The van der Waals surface area contributed by atoms with Gasteiger partial charge in [0, 0.05) is 54.6 Å². The first kappa shape index (κ1) is 36.2. The van der Waals surface area contributed by atoms with Gasteiger partial charge < -0.3 is 9.13 Å². The lowest BCUT2D eigenvalue weighted by Crippen LogP contribution is -2.59. The van der Waals surface area contributed by atoms with Gasteiger partial charge in [-0.15, -0.1) is 0 Å². The summed E-state index contributed by atoms with van der Waals surface area (Å²) in [7, 11) is 0. The van der Waals surface area contributed by atoms with E-state index in [-0.39, 0.29) is 6.71 Å². The fourth-order valence-corrected chi connectivity index (χ4v) is 14.5. The number of fused-ring (bicyclic) bond motifs is 31. The molecular formula is C67H37BN2. The van der Waals surface area contributed by atoms with E-state index in [2.05, 4.69) is 222 Å². The van der Waals surface area contributed by atoms with Crippen molar-refractivity contribution in [2.45, 2.75) is 6.92 Å². The van der Waals surface area contributed by atoms with E-state index >= 15 is 0 Å². The highest BCUT2D eigenvalue weighted by Crippen LogP contribution is 2.50. The molecule has 4 heterocycles. The summed E-state index contributed by atoms with van der Waals surface area (Å²) in [6, 6.07) is 79.0. The molecule has 70 heavy (non-hydrogen) atoms. The Labute approximate surface area is 400 Å². The SMILES string of the molecule is Cc1cc2c3c(c1)c1ccc4c5ccccc5c5ccccc5c4c1n3-c1cccc3c1B2c1cc2c4ccccc4c4ccccc4c2c2c4c5c6ccccc6c6ccccc6c5ccc4n-3c12. The fraction of sp³-hybridized carbons (Fsp3) is 0.0149. The molecule has 0 spiro atoms. The molecule has 0 N–H and O–H groups in total. The molecule has 2 aliphatic heterocycles. The minimum Gasteiger partial charge on any atom is -0.310 e. The second kappa shape index (κ2) is 12.4. The van der Waals surface area contributed by atoms with Crippen LogP contribution in [-0.2, 0) is 0 Å². The Morgan fingerprint density at radius 1 is 0.271 bits per heavy atom. The Morgan fingerprint density at radius 3 is 1.26 bits per heavy atom. The second-order valence-corrected chi connectivity index (χ2v) is 20.2. The van der Waals surface area contributed by atoms with Crippen molar-refractivity contribution < 1.29 is 0 Å². The van der Waals surface area contributed by atoms with Gasteiger partial charge in [0.05, 0.1) is 16.6 Å². The highest BCUT2D eigenvalue weighted by Gasteiger charge is 2.42. The summed E-state index contributed by atoms with van der Waals surface area (Å²) in [6.45, 7) is 2.30. The summed E-state index contributed by atoms with van der Waals surface area (Å²) in [5.74, 6) is 0. The molecule has 0 radical (unpaired) electrons. The Morgan fingerprint density at radius 2 is 0.686 bits per heavy atom. The van der Waals surface area contributed by atoms with Crippen molar-refractivity contribution in [1.29, 1.82) is 0 Å². The molecule has 2 aromatic heterocycles. The van der Waals surface area contributed by atoms with E-state index in [9.17, 15) is 0 Å². The summed E-state index contributed by atoms with van der Waals surface area (Å²) in [4.78, 5) is 0. The van der Waals surface area contributed by atoms with Crippen LogP contribution in [0, 0.1) is 6.92 Å². The molecule has 2 nitrogen and oxygen atoms in total. The molecular weight excluding hydrogens is 844 g/mol. The first-order valence-electron chi connectivity index (χ1n) is 24.7. The van der Waals surface area contributed by atoms with E-state index in [0.717, 1.165) is 0 Å². The molecule has 0 saturated heterocycles. The maximum atomic E-state index is 2.69. The van der Waals surface area contributed by atoms with Crippen LogP contribution in [0.2, 0.25) is 0 Å². The number of aromatic nitrogens is 2. The molecule has 0 fully saturated rings. The van der Waals surface area contributed by atoms with Crippen LogP contribution in [0.1, 0.15) is 5.56 Å². The van der Waals surface area contributed by atoms with Crippen LogP contribution in [0.3, 0.4) is 0 Å². The van der Waals surface area contributed by atoms with E-state index in [4.69, 9.17) is 0 Å². The Balaban J connectivity index is 1.12. The van der Waals surface area contributed by atoms with Crippen molar-refractivity contribution in [3.63, 3.8) is 0 Å². The van der Waals surface area contributed by atoms with Crippen LogP contribution in [0.15, 0.2) is 206 Å². The first-order chi connectivity index (χ1) is 34.7. The molecule has 318 valence electrons. The third-order valence-corrected chi connectivity index (χ3v) is 17.0. The van der Waals surface area contributed by atoms with Crippen LogP contribution in [0.4, 0.5) is 0 Å². The molecule has 18 rings (SSSR count). The fourth-order valence-electron chi connectivity index (χ4n) is 14.5. The third kappa shape index (κ3) is 4.08. The van der Waals surface area contributed by atoms with Crippen LogP contribution in [0.5, 0.6) is 0 Å². The standard InChI is InChI=1S/C67H37BN2/c1-36-33-53-51-30-29-50-44-22-6-3-16-38(44)42-20-10-13-26-48(42)61(50)66(51)70-58-28-14-27-57-64(58)68(54(34-36)65(53)70)55-35-52-45-23-7-4-17-39(45)41-19-9-12-25-47(41)60(52)63-62-56(69(57)67(55)63)32-31-49-43-21-5-2-15-37(43)40-18-8-11-24-46(40)59(49)62/h2-35H,1H3. The molecule has 0 aliphatic carbocycles. The number of rotatable bonds is 0. The third-order valence-electron chi connectivity index (χ3n) is 17.0. The van der Waals surface area contributed by atoms with Crippen LogP contribution >= 0.6 is 0 Å². The zero-order valence-electron chi connectivity index (χ0n) is 38.1. The van der Waals surface area contributed by atoms with Crippen LogP contribution in [-0.4, -0.2) is 15.8 Å². The van der Waals surface area contributed by atoms with Crippen molar-refractivity contribution in [1.82, 2.24) is 9.13 Å². The van der Waals surface area contributed by atoms with E-state index in [1.807, 2.05) is 0 Å². The van der Waals surface area contributed by atoms with Gasteiger partial charge in [-0.2, -0.15) is 0 Å². The van der Waals surface area contributed by atoms with Crippen molar-refractivity contribution in [2.75, 3.05) is 0 Å². The lowest BCUT2D eigenvalue weighted by molar-refractivity contribution is 1.15. The molecule has 0 atom stereocenters. The van der Waals surface area contributed by atoms with Crippen LogP contribution < -0.4 is 16.4 Å². The largest absolute Gasteiger partial charge is 0.310 e. The molecule has 16 aromatic rings. The zero-order chi connectivity index (χ0) is 45.2. The number of aryl methyl sites for hydroxylation is 1. The van der Waals surface area contributed by atoms with E-state index in [0.29, 0.717) is 0 Å². The maximum absolute atomic E-state index is 2.69. The number of hydrogen-bond donors (Lipinski definition) is 0. The summed E-state index contributed by atoms with van der Waals surface area (Å²) < 4.78 is 5.37. The second-order valence-electron chi connectivity index (χ2n) is 20.2. The average molecular weight is 881 g/mol. The number of benzene rings is 14. The molecule has 0 saturated carbocycles. The molecule has 0 amide bonds. The predicted octanol–water partition coefficient (Wildman–Crippen LogP) is 15.7. The predicted molar refractivity (Wildman–Crippen MR) is 302 cm³/mol. The van der Waals surface area contributed by atoms with E-state index in [1.165, 1.54) is 174 Å². The number of nitrogens with zero attached hydrogens (tertiary/aromatic N) is 2. The first-order valence-corrected chi connectivity index (χ1v) is 24.7. The molecule has 2 aliphatic rings.